The van der Waals surface area contributed by atoms with Gasteiger partial charge in [0.05, 0.1) is 24.4 Å². The molecule has 0 aliphatic carbocycles. The van der Waals surface area contributed by atoms with Crippen molar-refractivity contribution in [2.24, 2.45) is 4.99 Å². The van der Waals surface area contributed by atoms with E-state index in [4.69, 9.17) is 14.5 Å². The van der Waals surface area contributed by atoms with Gasteiger partial charge in [-0.15, -0.1) is 0 Å². The van der Waals surface area contributed by atoms with Gasteiger partial charge in [0.2, 0.25) is 5.91 Å². The third kappa shape index (κ3) is 4.49. The summed E-state index contributed by atoms with van der Waals surface area (Å²) in [5, 5.41) is 5.69. The van der Waals surface area contributed by atoms with Crippen molar-refractivity contribution in [1.82, 2.24) is 0 Å². The molecule has 2 amide bonds. The maximum Gasteiger partial charge on any atom is 0.255 e. The number of aliphatic imine (C=N–C) groups is 1. The van der Waals surface area contributed by atoms with Gasteiger partial charge in [-0.05, 0) is 65.2 Å². The Balaban J connectivity index is 1.24. The molecule has 3 aromatic carbocycles. The van der Waals surface area contributed by atoms with Gasteiger partial charge < -0.3 is 20.1 Å². The highest BCUT2D eigenvalue weighted by atomic mass is 16.5. The fourth-order valence-electron chi connectivity index (χ4n) is 4.00. The first-order chi connectivity index (χ1) is 16.1. The SMILES string of the molecule is COCCOc1ccc2c(c1)CC(c1ccc(C(=O)Nc3ccc4c(c3)CC(=O)N4)cc1)=N2. The third-order valence-electron chi connectivity index (χ3n) is 5.69. The summed E-state index contributed by atoms with van der Waals surface area (Å²) >= 11 is 0. The molecule has 0 saturated heterocycles. The molecule has 33 heavy (non-hydrogen) atoms. The van der Waals surface area contributed by atoms with Crippen LogP contribution in [0.1, 0.15) is 27.0 Å². The van der Waals surface area contributed by atoms with E-state index in [-0.39, 0.29) is 11.8 Å². The van der Waals surface area contributed by atoms with Crippen LogP contribution in [0.2, 0.25) is 0 Å². The van der Waals surface area contributed by atoms with Crippen LogP contribution >= 0.6 is 0 Å². The van der Waals surface area contributed by atoms with Crippen LogP contribution in [0.15, 0.2) is 65.7 Å². The van der Waals surface area contributed by atoms with Crippen molar-refractivity contribution in [2.45, 2.75) is 12.8 Å². The number of carbonyl (C=O) groups excluding carboxylic acids is 2. The highest BCUT2D eigenvalue weighted by molar-refractivity contribution is 6.09. The second kappa shape index (κ2) is 8.88. The molecule has 0 unspecified atom stereocenters. The fourth-order valence-corrected chi connectivity index (χ4v) is 4.00. The number of carbonyl (C=O) groups is 2. The molecule has 2 aliphatic heterocycles. The van der Waals surface area contributed by atoms with Crippen LogP contribution in [0.25, 0.3) is 0 Å². The van der Waals surface area contributed by atoms with Crippen molar-refractivity contribution in [2.75, 3.05) is 31.0 Å². The minimum Gasteiger partial charge on any atom is -0.491 e. The van der Waals surface area contributed by atoms with E-state index in [0.717, 1.165) is 39.5 Å². The summed E-state index contributed by atoms with van der Waals surface area (Å²) in [5.74, 6) is 0.574. The molecule has 7 nitrogen and oxygen atoms in total. The maximum atomic E-state index is 12.7. The average Bonchev–Trinajstić information content (AvgIpc) is 3.41. The quantitative estimate of drug-likeness (QED) is 0.540. The molecule has 0 atom stereocenters. The molecule has 0 fully saturated rings. The number of ether oxygens (including phenoxy) is 2. The number of fused-ring (bicyclic) bond motifs is 2. The van der Waals surface area contributed by atoms with E-state index in [2.05, 4.69) is 10.6 Å². The van der Waals surface area contributed by atoms with Gasteiger partial charge >= 0.3 is 0 Å². The summed E-state index contributed by atoms with van der Waals surface area (Å²) in [6.45, 7) is 1.05. The average molecular weight is 441 g/mol. The summed E-state index contributed by atoms with van der Waals surface area (Å²) in [6.07, 6.45) is 1.04. The molecular formula is C26H23N3O4. The molecule has 2 aliphatic rings. The minimum absolute atomic E-state index is 0.0316. The van der Waals surface area contributed by atoms with Gasteiger partial charge in [-0.2, -0.15) is 0 Å². The van der Waals surface area contributed by atoms with Crippen molar-refractivity contribution in [3.63, 3.8) is 0 Å². The lowest BCUT2D eigenvalue weighted by Crippen LogP contribution is -2.12. The topological polar surface area (TPSA) is 89.0 Å². The highest BCUT2D eigenvalue weighted by Crippen LogP contribution is 2.32. The molecule has 7 heteroatoms. The first-order valence-corrected chi connectivity index (χ1v) is 10.8. The summed E-state index contributed by atoms with van der Waals surface area (Å²) in [7, 11) is 1.65. The van der Waals surface area contributed by atoms with E-state index in [1.807, 2.05) is 42.5 Å². The predicted octanol–water partition coefficient (Wildman–Crippen LogP) is 4.14. The number of benzene rings is 3. The van der Waals surface area contributed by atoms with Gasteiger partial charge in [0.1, 0.15) is 12.4 Å². The molecule has 166 valence electrons. The van der Waals surface area contributed by atoms with Crippen molar-refractivity contribution < 1.29 is 19.1 Å². The second-order valence-corrected chi connectivity index (χ2v) is 8.00. The Morgan fingerprint density at radius 3 is 2.67 bits per heavy atom. The molecule has 2 heterocycles. The Kier molecular flexibility index (Phi) is 5.62. The maximum absolute atomic E-state index is 12.7. The van der Waals surface area contributed by atoms with Gasteiger partial charge in [-0.25, -0.2) is 0 Å². The van der Waals surface area contributed by atoms with Crippen molar-refractivity contribution in [3.8, 4) is 5.75 Å². The number of methoxy groups -OCH3 is 1. The molecule has 5 rings (SSSR count). The zero-order chi connectivity index (χ0) is 22.8. The van der Waals surface area contributed by atoms with Crippen molar-refractivity contribution in [3.05, 3.63) is 82.9 Å². The van der Waals surface area contributed by atoms with E-state index >= 15 is 0 Å². The van der Waals surface area contributed by atoms with E-state index in [0.29, 0.717) is 37.3 Å². The molecule has 0 saturated carbocycles. The Bertz CT molecular complexity index is 1270. The van der Waals surface area contributed by atoms with Crippen LogP contribution in [0.5, 0.6) is 5.75 Å². The summed E-state index contributed by atoms with van der Waals surface area (Å²) in [6, 6.07) is 18.8. The number of nitrogens with one attached hydrogen (secondary N) is 2. The third-order valence-corrected chi connectivity index (χ3v) is 5.69. The molecule has 0 spiro atoms. The van der Waals surface area contributed by atoms with E-state index in [9.17, 15) is 9.59 Å². The molecule has 2 N–H and O–H groups in total. The normalized spacial score (nSPS) is 13.7. The Hall–Kier alpha value is -3.97. The molecular weight excluding hydrogens is 418 g/mol. The van der Waals surface area contributed by atoms with Crippen LogP contribution in [0.4, 0.5) is 17.1 Å². The lowest BCUT2D eigenvalue weighted by Gasteiger charge is -2.08. The molecule has 0 radical (unpaired) electrons. The van der Waals surface area contributed by atoms with E-state index in [1.54, 1.807) is 25.3 Å². The van der Waals surface area contributed by atoms with Crippen molar-refractivity contribution in [1.29, 1.82) is 0 Å². The number of anilines is 2. The number of nitrogens with zero attached hydrogens (tertiary/aromatic N) is 1. The number of rotatable bonds is 7. The first-order valence-electron chi connectivity index (χ1n) is 10.8. The summed E-state index contributed by atoms with van der Waals surface area (Å²) in [5.41, 5.74) is 6.90. The minimum atomic E-state index is -0.201. The highest BCUT2D eigenvalue weighted by Gasteiger charge is 2.19. The van der Waals surface area contributed by atoms with Crippen LogP contribution in [-0.4, -0.2) is 37.8 Å². The monoisotopic (exact) mass is 441 g/mol. The summed E-state index contributed by atoms with van der Waals surface area (Å²) in [4.78, 5) is 29.0. The molecule has 0 bridgehead atoms. The van der Waals surface area contributed by atoms with Crippen molar-refractivity contribution >= 4 is 34.6 Å². The van der Waals surface area contributed by atoms with Crippen LogP contribution < -0.4 is 15.4 Å². The van der Waals surface area contributed by atoms with E-state index < -0.39 is 0 Å². The second-order valence-electron chi connectivity index (χ2n) is 8.00. The molecule has 3 aromatic rings. The number of amides is 2. The summed E-state index contributed by atoms with van der Waals surface area (Å²) < 4.78 is 10.7. The van der Waals surface area contributed by atoms with Gasteiger partial charge in [0.15, 0.2) is 0 Å². The Morgan fingerprint density at radius 2 is 1.85 bits per heavy atom. The lowest BCUT2D eigenvalue weighted by molar-refractivity contribution is -0.115. The Morgan fingerprint density at radius 1 is 1.00 bits per heavy atom. The number of hydrogen-bond donors (Lipinski definition) is 2. The first kappa shape index (κ1) is 20.9. The van der Waals surface area contributed by atoms with Crippen LogP contribution in [0, 0.1) is 0 Å². The molecule has 0 aromatic heterocycles. The van der Waals surface area contributed by atoms with Crippen LogP contribution in [0.3, 0.4) is 0 Å². The standard InChI is InChI=1S/C26H23N3O4/c1-32-10-11-33-21-7-9-22-19(13-21)14-24(28-22)16-2-4-17(5-3-16)26(31)27-20-6-8-23-18(12-20)15-25(30)29-23/h2-9,12-13H,10-11,14-15H2,1H3,(H,27,31)(H,29,30). The lowest BCUT2D eigenvalue weighted by atomic mass is 10.0. The van der Waals surface area contributed by atoms with Gasteiger partial charge in [0, 0.05) is 30.5 Å². The Labute approximate surface area is 191 Å². The largest absolute Gasteiger partial charge is 0.491 e. The van der Waals surface area contributed by atoms with E-state index in [1.165, 1.54) is 0 Å². The smallest absolute Gasteiger partial charge is 0.255 e. The van der Waals surface area contributed by atoms with Crippen LogP contribution in [-0.2, 0) is 22.4 Å². The van der Waals surface area contributed by atoms with Gasteiger partial charge in [-0.3, -0.25) is 14.6 Å². The van der Waals surface area contributed by atoms with Gasteiger partial charge in [-0.1, -0.05) is 12.1 Å². The van der Waals surface area contributed by atoms with Gasteiger partial charge in [0.25, 0.3) is 5.91 Å². The zero-order valence-corrected chi connectivity index (χ0v) is 18.2. The zero-order valence-electron chi connectivity index (χ0n) is 18.2. The number of hydrogen-bond acceptors (Lipinski definition) is 5. The fraction of sp³-hybridized carbons (Fsp3) is 0.192. The predicted molar refractivity (Wildman–Crippen MR) is 127 cm³/mol.